The zero-order valence-corrected chi connectivity index (χ0v) is 12.9. The minimum absolute atomic E-state index is 0.0787. The van der Waals surface area contributed by atoms with Gasteiger partial charge in [-0.15, -0.1) is 0 Å². The minimum atomic E-state index is -0.130. The highest BCUT2D eigenvalue weighted by Gasteiger charge is 2.08. The van der Waals surface area contributed by atoms with E-state index in [1.165, 1.54) is 0 Å². The van der Waals surface area contributed by atoms with Crippen molar-refractivity contribution in [3.8, 4) is 11.5 Å². The van der Waals surface area contributed by atoms with E-state index in [0.29, 0.717) is 28.0 Å². The van der Waals surface area contributed by atoms with Crippen LogP contribution in [-0.4, -0.2) is 19.0 Å². The topological polar surface area (TPSA) is 35.5 Å². The molecular formula is C16H14Cl2O3. The van der Waals surface area contributed by atoms with E-state index >= 15 is 0 Å². The molecule has 0 aliphatic rings. The highest BCUT2D eigenvalue weighted by molar-refractivity contribution is 6.34. The highest BCUT2D eigenvalue weighted by Crippen LogP contribution is 2.24. The Kier molecular flexibility index (Phi) is 5.48. The smallest absolute Gasteiger partial charge is 0.200 e. The van der Waals surface area contributed by atoms with E-state index in [1.807, 2.05) is 6.92 Å². The molecule has 2 rings (SSSR count). The Morgan fingerprint density at radius 1 is 0.952 bits per heavy atom. The van der Waals surface area contributed by atoms with E-state index in [2.05, 4.69) is 0 Å². The van der Waals surface area contributed by atoms with Crippen molar-refractivity contribution in [3.63, 3.8) is 0 Å². The van der Waals surface area contributed by atoms with Gasteiger partial charge in [-0.25, -0.2) is 0 Å². The summed E-state index contributed by atoms with van der Waals surface area (Å²) in [5.41, 5.74) is 0.562. The van der Waals surface area contributed by atoms with E-state index in [-0.39, 0.29) is 12.4 Å². The van der Waals surface area contributed by atoms with Gasteiger partial charge in [-0.1, -0.05) is 23.2 Å². The second-order valence-electron chi connectivity index (χ2n) is 4.27. The van der Waals surface area contributed by atoms with Crippen molar-refractivity contribution in [3.05, 3.63) is 58.1 Å². The van der Waals surface area contributed by atoms with Crippen LogP contribution in [0.5, 0.6) is 11.5 Å². The van der Waals surface area contributed by atoms with Crippen molar-refractivity contribution in [1.82, 2.24) is 0 Å². The van der Waals surface area contributed by atoms with Crippen molar-refractivity contribution in [2.75, 3.05) is 13.2 Å². The lowest BCUT2D eigenvalue weighted by atomic mass is 10.1. The second kappa shape index (κ2) is 7.34. The Balaban J connectivity index is 1.97. The molecule has 0 aromatic heterocycles. The number of carbonyl (C=O) groups is 1. The van der Waals surface area contributed by atoms with E-state index in [4.69, 9.17) is 32.7 Å². The molecule has 0 radical (unpaired) electrons. The summed E-state index contributed by atoms with van der Waals surface area (Å²) in [7, 11) is 0. The normalized spacial score (nSPS) is 10.2. The number of ether oxygens (including phenoxy) is 2. The fourth-order valence-corrected chi connectivity index (χ4v) is 2.25. The number of rotatable bonds is 6. The van der Waals surface area contributed by atoms with Crippen LogP contribution in [0.4, 0.5) is 0 Å². The molecule has 110 valence electrons. The molecule has 0 saturated heterocycles. The van der Waals surface area contributed by atoms with Crippen LogP contribution in [0, 0.1) is 0 Å². The van der Waals surface area contributed by atoms with E-state index in [0.717, 1.165) is 5.75 Å². The van der Waals surface area contributed by atoms with Gasteiger partial charge in [-0.05, 0) is 49.4 Å². The first-order chi connectivity index (χ1) is 10.1. The highest BCUT2D eigenvalue weighted by atomic mass is 35.5. The third-order valence-corrected chi connectivity index (χ3v) is 3.13. The Labute approximate surface area is 133 Å². The molecule has 0 aliphatic carbocycles. The summed E-state index contributed by atoms with van der Waals surface area (Å²) in [4.78, 5) is 12.0. The maximum absolute atomic E-state index is 12.0. The van der Waals surface area contributed by atoms with Crippen LogP contribution in [0.2, 0.25) is 10.0 Å². The summed E-state index contributed by atoms with van der Waals surface area (Å²) in [6.45, 7) is 2.42. The third-order valence-electron chi connectivity index (χ3n) is 2.69. The minimum Gasteiger partial charge on any atom is -0.494 e. The maximum atomic E-state index is 12.0. The first-order valence-corrected chi connectivity index (χ1v) is 7.19. The van der Waals surface area contributed by atoms with Crippen LogP contribution in [0.3, 0.4) is 0 Å². The van der Waals surface area contributed by atoms with Crippen LogP contribution in [0.25, 0.3) is 0 Å². The number of halogens is 2. The third kappa shape index (κ3) is 4.66. The summed E-state index contributed by atoms with van der Waals surface area (Å²) in [5.74, 6) is 1.07. The first-order valence-electron chi connectivity index (χ1n) is 6.43. The molecule has 0 aliphatic heterocycles. The van der Waals surface area contributed by atoms with Gasteiger partial charge in [0.2, 0.25) is 0 Å². The molecule has 0 spiro atoms. The van der Waals surface area contributed by atoms with Crippen LogP contribution >= 0.6 is 23.2 Å². The molecule has 2 aromatic carbocycles. The SMILES string of the molecule is CCOc1ccc(C(=O)COc2cc(Cl)cc(Cl)c2)cc1. The molecule has 2 aromatic rings. The molecular weight excluding hydrogens is 311 g/mol. The lowest BCUT2D eigenvalue weighted by Gasteiger charge is -2.07. The molecule has 0 atom stereocenters. The summed E-state index contributed by atoms with van der Waals surface area (Å²) in [5, 5.41) is 0.928. The van der Waals surface area contributed by atoms with Gasteiger partial charge in [0.25, 0.3) is 0 Å². The van der Waals surface area contributed by atoms with Gasteiger partial charge >= 0.3 is 0 Å². The zero-order valence-electron chi connectivity index (χ0n) is 11.4. The number of carbonyl (C=O) groups excluding carboxylic acids is 1. The maximum Gasteiger partial charge on any atom is 0.200 e. The van der Waals surface area contributed by atoms with Crippen molar-refractivity contribution in [1.29, 1.82) is 0 Å². The van der Waals surface area contributed by atoms with E-state index < -0.39 is 0 Å². The lowest BCUT2D eigenvalue weighted by molar-refractivity contribution is 0.0921. The molecule has 0 N–H and O–H groups in total. The average Bonchev–Trinajstić information content (AvgIpc) is 2.45. The number of Topliss-reactive ketones (excluding diaryl/α,β-unsaturated/α-hetero) is 1. The van der Waals surface area contributed by atoms with Crippen molar-refractivity contribution in [2.45, 2.75) is 6.92 Å². The summed E-state index contributed by atoms with van der Waals surface area (Å²) in [6.07, 6.45) is 0. The second-order valence-corrected chi connectivity index (χ2v) is 5.15. The molecule has 0 bridgehead atoms. The monoisotopic (exact) mass is 324 g/mol. The van der Waals surface area contributed by atoms with Crippen LogP contribution in [0.15, 0.2) is 42.5 Å². The largest absolute Gasteiger partial charge is 0.494 e. The molecule has 0 fully saturated rings. The Morgan fingerprint density at radius 3 is 2.14 bits per heavy atom. The predicted octanol–water partition coefficient (Wildman–Crippen LogP) is 4.65. The average molecular weight is 325 g/mol. The lowest BCUT2D eigenvalue weighted by Crippen LogP contribution is -2.11. The molecule has 21 heavy (non-hydrogen) atoms. The standard InChI is InChI=1S/C16H14Cl2O3/c1-2-20-14-5-3-11(4-6-14)16(19)10-21-15-8-12(17)7-13(18)9-15/h3-9H,2,10H2,1H3. The Hall–Kier alpha value is -1.71. The fourth-order valence-electron chi connectivity index (χ4n) is 1.75. The molecule has 0 saturated carbocycles. The van der Waals surface area contributed by atoms with Gasteiger partial charge in [0, 0.05) is 15.6 Å². The number of ketones is 1. The number of benzene rings is 2. The van der Waals surface area contributed by atoms with Gasteiger partial charge in [-0.3, -0.25) is 4.79 Å². The Bertz CT molecular complexity index is 604. The van der Waals surface area contributed by atoms with Gasteiger partial charge in [0.1, 0.15) is 11.5 Å². The molecule has 0 heterocycles. The van der Waals surface area contributed by atoms with E-state index in [1.54, 1.807) is 42.5 Å². The van der Waals surface area contributed by atoms with Crippen molar-refractivity contribution >= 4 is 29.0 Å². The first kappa shape index (κ1) is 15.7. The zero-order chi connectivity index (χ0) is 15.2. The van der Waals surface area contributed by atoms with Gasteiger partial charge in [0.05, 0.1) is 6.61 Å². The van der Waals surface area contributed by atoms with E-state index in [9.17, 15) is 4.79 Å². The van der Waals surface area contributed by atoms with Crippen LogP contribution in [0.1, 0.15) is 17.3 Å². The summed E-state index contributed by atoms with van der Waals surface area (Å²) >= 11 is 11.7. The van der Waals surface area contributed by atoms with Crippen molar-refractivity contribution in [2.24, 2.45) is 0 Å². The van der Waals surface area contributed by atoms with Gasteiger partial charge in [-0.2, -0.15) is 0 Å². The van der Waals surface area contributed by atoms with Crippen molar-refractivity contribution < 1.29 is 14.3 Å². The number of hydrogen-bond donors (Lipinski definition) is 0. The van der Waals surface area contributed by atoms with Crippen LogP contribution in [-0.2, 0) is 0 Å². The summed E-state index contributed by atoms with van der Waals surface area (Å²) in [6, 6.07) is 11.8. The fraction of sp³-hybridized carbons (Fsp3) is 0.188. The van der Waals surface area contributed by atoms with Gasteiger partial charge in [0.15, 0.2) is 12.4 Å². The summed E-state index contributed by atoms with van der Waals surface area (Å²) < 4.78 is 10.7. The molecule has 3 nitrogen and oxygen atoms in total. The quantitative estimate of drug-likeness (QED) is 0.725. The van der Waals surface area contributed by atoms with Gasteiger partial charge < -0.3 is 9.47 Å². The molecule has 0 amide bonds. The Morgan fingerprint density at radius 2 is 1.57 bits per heavy atom. The molecule has 0 unspecified atom stereocenters. The molecule has 5 heteroatoms. The van der Waals surface area contributed by atoms with Crippen LogP contribution < -0.4 is 9.47 Å². The predicted molar refractivity (Wildman–Crippen MR) is 83.9 cm³/mol. The number of hydrogen-bond acceptors (Lipinski definition) is 3.